The van der Waals surface area contributed by atoms with Crippen molar-refractivity contribution in [1.29, 1.82) is 0 Å². The molecule has 1 aromatic rings. The summed E-state index contributed by atoms with van der Waals surface area (Å²) >= 11 is 0. The first-order chi connectivity index (χ1) is 10.3. The molecule has 6 nitrogen and oxygen atoms in total. The maximum atomic E-state index is 11.9. The fourth-order valence-electron chi connectivity index (χ4n) is 2.80. The summed E-state index contributed by atoms with van der Waals surface area (Å²) in [5.41, 5.74) is 0.720. The molecule has 22 heavy (non-hydrogen) atoms. The van der Waals surface area contributed by atoms with Crippen LogP contribution in [0.2, 0.25) is 0 Å². The number of hydrogen-bond acceptors (Lipinski definition) is 4. The second kappa shape index (κ2) is 7.13. The molecule has 2 unspecified atom stereocenters. The van der Waals surface area contributed by atoms with Gasteiger partial charge in [-0.25, -0.2) is 4.79 Å². The van der Waals surface area contributed by atoms with Gasteiger partial charge in [-0.2, -0.15) is 5.10 Å². The molecule has 1 amide bonds. The van der Waals surface area contributed by atoms with Gasteiger partial charge in [0, 0.05) is 31.9 Å². The van der Waals surface area contributed by atoms with Crippen molar-refractivity contribution in [3.63, 3.8) is 0 Å². The van der Waals surface area contributed by atoms with E-state index in [1.807, 2.05) is 44.8 Å². The number of alkyl carbamates (subject to hydrolysis) is 1. The Bertz CT molecular complexity index is 493. The van der Waals surface area contributed by atoms with E-state index in [4.69, 9.17) is 4.74 Å². The Morgan fingerprint density at radius 1 is 1.41 bits per heavy atom. The number of nitrogens with zero attached hydrogens (tertiary/aromatic N) is 2. The first-order valence-electron chi connectivity index (χ1n) is 8.03. The highest BCUT2D eigenvalue weighted by atomic mass is 16.6. The van der Waals surface area contributed by atoms with Crippen molar-refractivity contribution in [2.24, 2.45) is 7.05 Å². The van der Waals surface area contributed by atoms with Crippen LogP contribution in [0, 0.1) is 0 Å². The minimum atomic E-state index is -0.448. The highest BCUT2D eigenvalue weighted by Gasteiger charge is 2.25. The van der Waals surface area contributed by atoms with Gasteiger partial charge < -0.3 is 15.4 Å². The number of carbonyl (C=O) groups is 1. The van der Waals surface area contributed by atoms with Crippen molar-refractivity contribution >= 4 is 6.09 Å². The second-order valence-electron chi connectivity index (χ2n) is 7.03. The summed E-state index contributed by atoms with van der Waals surface area (Å²) in [5.74, 6) is 0. The molecule has 0 aliphatic heterocycles. The zero-order valence-electron chi connectivity index (χ0n) is 14.1. The zero-order chi connectivity index (χ0) is 16.2. The molecule has 1 saturated carbocycles. The average Bonchev–Trinajstić information content (AvgIpc) is 2.80. The van der Waals surface area contributed by atoms with Crippen LogP contribution in [0.25, 0.3) is 0 Å². The molecule has 1 aromatic heterocycles. The number of rotatable bonds is 4. The highest BCUT2D eigenvalue weighted by Crippen LogP contribution is 2.19. The van der Waals surface area contributed by atoms with Gasteiger partial charge in [0.1, 0.15) is 5.60 Å². The maximum absolute atomic E-state index is 11.9. The largest absolute Gasteiger partial charge is 0.444 e. The predicted molar refractivity (Wildman–Crippen MR) is 85.5 cm³/mol. The van der Waals surface area contributed by atoms with Crippen LogP contribution in [0.3, 0.4) is 0 Å². The summed E-state index contributed by atoms with van der Waals surface area (Å²) in [4.78, 5) is 11.9. The van der Waals surface area contributed by atoms with Crippen molar-refractivity contribution in [1.82, 2.24) is 20.4 Å². The van der Waals surface area contributed by atoms with Gasteiger partial charge in [-0.3, -0.25) is 4.68 Å². The fraction of sp³-hybridized carbons (Fsp3) is 0.750. The van der Waals surface area contributed by atoms with Gasteiger partial charge in [-0.15, -0.1) is 0 Å². The number of hydrogen-bond donors (Lipinski definition) is 2. The zero-order valence-corrected chi connectivity index (χ0v) is 14.1. The summed E-state index contributed by atoms with van der Waals surface area (Å²) in [6, 6.07) is 2.63. The van der Waals surface area contributed by atoms with Crippen LogP contribution in [-0.2, 0) is 18.3 Å². The quantitative estimate of drug-likeness (QED) is 0.896. The van der Waals surface area contributed by atoms with Crippen LogP contribution in [0.4, 0.5) is 4.79 Å². The normalized spacial score (nSPS) is 22.4. The Morgan fingerprint density at radius 3 is 2.77 bits per heavy atom. The maximum Gasteiger partial charge on any atom is 0.407 e. The number of amides is 1. The number of aryl methyl sites for hydroxylation is 1. The van der Waals surface area contributed by atoms with Crippen LogP contribution < -0.4 is 10.6 Å². The summed E-state index contributed by atoms with van der Waals surface area (Å²) in [6.45, 7) is 6.45. The van der Waals surface area contributed by atoms with Crippen LogP contribution in [0.15, 0.2) is 12.3 Å². The summed E-state index contributed by atoms with van der Waals surface area (Å²) < 4.78 is 7.21. The predicted octanol–water partition coefficient (Wildman–Crippen LogP) is 2.35. The first kappa shape index (κ1) is 16.8. The van der Waals surface area contributed by atoms with E-state index in [0.29, 0.717) is 6.04 Å². The van der Waals surface area contributed by atoms with Crippen LogP contribution in [0.5, 0.6) is 0 Å². The molecule has 6 heteroatoms. The van der Waals surface area contributed by atoms with E-state index in [9.17, 15) is 4.79 Å². The second-order valence-corrected chi connectivity index (χ2v) is 7.03. The molecule has 2 atom stereocenters. The Morgan fingerprint density at radius 2 is 2.14 bits per heavy atom. The molecule has 1 aliphatic rings. The smallest absolute Gasteiger partial charge is 0.407 e. The topological polar surface area (TPSA) is 68.2 Å². The third-order valence-electron chi connectivity index (χ3n) is 3.89. The summed E-state index contributed by atoms with van der Waals surface area (Å²) in [5, 5.41) is 10.7. The van der Waals surface area contributed by atoms with Crippen LogP contribution in [-0.4, -0.2) is 33.6 Å². The number of nitrogens with one attached hydrogen (secondary N) is 2. The lowest BCUT2D eigenvalue weighted by atomic mass is 9.91. The first-order valence-corrected chi connectivity index (χ1v) is 8.03. The van der Waals surface area contributed by atoms with Crippen LogP contribution >= 0.6 is 0 Å². The lowest BCUT2D eigenvalue weighted by molar-refractivity contribution is 0.0488. The molecule has 2 N–H and O–H groups in total. The van der Waals surface area contributed by atoms with Gasteiger partial charge in [-0.05, 0) is 52.5 Å². The molecule has 0 bridgehead atoms. The minimum absolute atomic E-state index is 0.188. The molecule has 2 rings (SSSR count). The van der Waals surface area contributed by atoms with E-state index in [2.05, 4.69) is 15.7 Å². The van der Waals surface area contributed by atoms with E-state index in [1.54, 1.807) is 0 Å². The van der Waals surface area contributed by atoms with Gasteiger partial charge in [0.05, 0.1) is 5.69 Å². The third kappa shape index (κ3) is 5.33. The van der Waals surface area contributed by atoms with Crippen molar-refractivity contribution in [2.75, 3.05) is 0 Å². The Balaban J connectivity index is 1.77. The van der Waals surface area contributed by atoms with Crippen molar-refractivity contribution in [3.8, 4) is 0 Å². The number of carbonyl (C=O) groups excluding carboxylic acids is 1. The molecular formula is C16H28N4O2. The van der Waals surface area contributed by atoms with Gasteiger partial charge in [0.25, 0.3) is 0 Å². The summed E-state index contributed by atoms with van der Waals surface area (Å²) in [7, 11) is 1.95. The van der Waals surface area contributed by atoms with E-state index in [1.165, 1.54) is 5.69 Å². The van der Waals surface area contributed by atoms with E-state index in [0.717, 1.165) is 32.2 Å². The van der Waals surface area contributed by atoms with Gasteiger partial charge in [-0.1, -0.05) is 0 Å². The van der Waals surface area contributed by atoms with Gasteiger partial charge in [0.15, 0.2) is 0 Å². The van der Waals surface area contributed by atoms with Crippen molar-refractivity contribution in [2.45, 2.75) is 70.7 Å². The van der Waals surface area contributed by atoms with Gasteiger partial charge in [0.2, 0.25) is 0 Å². The molecule has 1 heterocycles. The molecular weight excluding hydrogens is 280 g/mol. The molecule has 1 fully saturated rings. The lowest BCUT2D eigenvalue weighted by Gasteiger charge is -2.31. The number of ether oxygens (including phenoxy) is 1. The Hall–Kier alpha value is -1.56. The SMILES string of the molecule is Cn1nccc1CNC1CCCC(NC(=O)OC(C)(C)C)C1. The van der Waals surface area contributed by atoms with E-state index >= 15 is 0 Å². The summed E-state index contributed by atoms with van der Waals surface area (Å²) in [6.07, 6.45) is 5.71. The van der Waals surface area contributed by atoms with Gasteiger partial charge >= 0.3 is 6.09 Å². The molecule has 0 saturated heterocycles. The third-order valence-corrected chi connectivity index (χ3v) is 3.89. The Kier molecular flexibility index (Phi) is 5.45. The lowest BCUT2D eigenvalue weighted by Crippen LogP contribution is -2.45. The highest BCUT2D eigenvalue weighted by molar-refractivity contribution is 5.68. The molecule has 1 aliphatic carbocycles. The molecule has 0 spiro atoms. The standard InChI is InChI=1S/C16H28N4O2/c1-16(2,3)22-15(21)19-13-7-5-6-12(10-13)17-11-14-8-9-18-20(14)4/h8-9,12-13,17H,5-7,10-11H2,1-4H3,(H,19,21). The molecule has 0 aromatic carbocycles. The van der Waals surface area contributed by atoms with Crippen molar-refractivity contribution < 1.29 is 9.53 Å². The molecule has 0 radical (unpaired) electrons. The van der Waals surface area contributed by atoms with Crippen molar-refractivity contribution in [3.05, 3.63) is 18.0 Å². The minimum Gasteiger partial charge on any atom is -0.444 e. The average molecular weight is 308 g/mol. The fourth-order valence-corrected chi connectivity index (χ4v) is 2.80. The monoisotopic (exact) mass is 308 g/mol. The van der Waals surface area contributed by atoms with Crippen LogP contribution in [0.1, 0.15) is 52.1 Å². The Labute approximate surface area is 132 Å². The van der Waals surface area contributed by atoms with E-state index in [-0.39, 0.29) is 12.1 Å². The number of aromatic nitrogens is 2. The van der Waals surface area contributed by atoms with E-state index < -0.39 is 5.60 Å². The molecule has 124 valence electrons.